The van der Waals surface area contributed by atoms with Gasteiger partial charge in [0.2, 0.25) is 0 Å². The van der Waals surface area contributed by atoms with Gasteiger partial charge in [-0.3, -0.25) is 4.79 Å². The van der Waals surface area contributed by atoms with E-state index in [1.54, 1.807) is 0 Å². The summed E-state index contributed by atoms with van der Waals surface area (Å²) in [5.74, 6) is 3.98. The molecule has 0 aromatic carbocycles. The lowest BCUT2D eigenvalue weighted by molar-refractivity contribution is -0.142. The minimum absolute atomic E-state index is 0.0254. The van der Waals surface area contributed by atoms with Crippen LogP contribution in [0.25, 0.3) is 0 Å². The highest BCUT2D eigenvalue weighted by Crippen LogP contribution is 2.57. The number of esters is 1. The number of hydrogen-bond acceptors (Lipinski definition) is 3. The van der Waals surface area contributed by atoms with Crippen molar-refractivity contribution in [3.63, 3.8) is 0 Å². The highest BCUT2D eigenvalue weighted by Gasteiger charge is 2.49. The van der Waals surface area contributed by atoms with E-state index in [-0.39, 0.29) is 12.0 Å². The molecule has 0 aromatic rings. The first kappa shape index (κ1) is 11.5. The molecule has 0 radical (unpaired) electrons. The minimum atomic E-state index is -0.147. The van der Waals surface area contributed by atoms with Crippen LogP contribution in [-0.4, -0.2) is 19.1 Å². The summed E-state index contributed by atoms with van der Waals surface area (Å²) < 4.78 is 4.74. The fraction of sp³-hybridized carbons (Fsp3) is 0.929. The van der Waals surface area contributed by atoms with Crippen molar-refractivity contribution in [3.05, 3.63) is 0 Å². The second kappa shape index (κ2) is 4.27. The van der Waals surface area contributed by atoms with E-state index < -0.39 is 0 Å². The Morgan fingerprint density at radius 2 is 1.71 bits per heavy atom. The predicted molar refractivity (Wildman–Crippen MR) is 65.1 cm³/mol. The van der Waals surface area contributed by atoms with Crippen LogP contribution >= 0.6 is 0 Å². The Morgan fingerprint density at radius 1 is 1.18 bits per heavy atom. The highest BCUT2D eigenvalue weighted by atomic mass is 16.5. The van der Waals surface area contributed by atoms with Gasteiger partial charge in [0.05, 0.1) is 13.5 Å². The van der Waals surface area contributed by atoms with E-state index >= 15 is 0 Å². The van der Waals surface area contributed by atoms with Crippen molar-refractivity contribution in [2.75, 3.05) is 7.11 Å². The summed E-state index contributed by atoms with van der Waals surface area (Å²) in [4.78, 5) is 11.4. The molecule has 0 spiro atoms. The first-order valence-corrected chi connectivity index (χ1v) is 6.99. The van der Waals surface area contributed by atoms with Crippen molar-refractivity contribution in [1.82, 2.24) is 0 Å². The summed E-state index contributed by atoms with van der Waals surface area (Å²) in [7, 11) is 1.45. The second-order valence-corrected chi connectivity index (χ2v) is 6.45. The molecule has 3 nitrogen and oxygen atoms in total. The molecule has 0 saturated heterocycles. The number of hydrogen-bond donors (Lipinski definition) is 1. The number of methoxy groups -OCH3 is 1. The Kier molecular flexibility index (Phi) is 2.89. The molecule has 3 heteroatoms. The van der Waals surface area contributed by atoms with Gasteiger partial charge < -0.3 is 10.5 Å². The Bertz CT molecular complexity index is 287. The largest absolute Gasteiger partial charge is 0.469 e. The minimum Gasteiger partial charge on any atom is -0.469 e. The molecule has 4 rings (SSSR count). The maximum absolute atomic E-state index is 11.4. The fourth-order valence-electron chi connectivity index (χ4n) is 5.08. The number of ether oxygens (including phenoxy) is 1. The lowest BCUT2D eigenvalue weighted by Gasteiger charge is -2.56. The lowest BCUT2D eigenvalue weighted by atomic mass is 9.50. The van der Waals surface area contributed by atoms with Gasteiger partial charge in [-0.1, -0.05) is 0 Å². The van der Waals surface area contributed by atoms with Gasteiger partial charge in [0.25, 0.3) is 0 Å². The quantitative estimate of drug-likeness (QED) is 0.763. The SMILES string of the molecule is COC(=O)CC(N)C1C2CC3CC(C2)CC1C3. The van der Waals surface area contributed by atoms with Gasteiger partial charge in [-0.05, 0) is 61.7 Å². The normalized spacial score (nSPS) is 44.7. The average Bonchev–Trinajstić information content (AvgIpc) is 2.27. The van der Waals surface area contributed by atoms with Gasteiger partial charge in [0.15, 0.2) is 0 Å². The van der Waals surface area contributed by atoms with Crippen molar-refractivity contribution in [1.29, 1.82) is 0 Å². The van der Waals surface area contributed by atoms with Gasteiger partial charge >= 0.3 is 5.97 Å². The van der Waals surface area contributed by atoms with E-state index in [4.69, 9.17) is 10.5 Å². The third kappa shape index (κ3) is 1.99. The van der Waals surface area contributed by atoms with Crippen LogP contribution in [0.3, 0.4) is 0 Å². The number of nitrogens with two attached hydrogens (primary N) is 1. The van der Waals surface area contributed by atoms with Crippen LogP contribution in [0.4, 0.5) is 0 Å². The van der Waals surface area contributed by atoms with Crippen LogP contribution in [0.5, 0.6) is 0 Å². The lowest BCUT2D eigenvalue weighted by Crippen LogP contribution is -2.52. The van der Waals surface area contributed by atoms with Crippen molar-refractivity contribution in [2.24, 2.45) is 35.3 Å². The van der Waals surface area contributed by atoms with E-state index in [9.17, 15) is 4.79 Å². The van der Waals surface area contributed by atoms with Gasteiger partial charge in [-0.2, -0.15) is 0 Å². The zero-order valence-electron chi connectivity index (χ0n) is 10.6. The summed E-state index contributed by atoms with van der Waals surface area (Å²) in [6.07, 6.45) is 7.34. The fourth-order valence-corrected chi connectivity index (χ4v) is 5.08. The highest BCUT2D eigenvalue weighted by molar-refractivity contribution is 5.69. The molecule has 96 valence electrons. The van der Waals surface area contributed by atoms with Crippen molar-refractivity contribution >= 4 is 5.97 Å². The summed E-state index contributed by atoms with van der Waals surface area (Å²) in [5, 5.41) is 0. The third-order valence-electron chi connectivity index (χ3n) is 5.42. The number of carbonyl (C=O) groups is 1. The standard InChI is InChI=1S/C14H23NO2/c1-17-13(16)7-12(15)14-10-3-8-2-9(5-10)6-11(14)4-8/h8-12,14H,2-7,15H2,1H3. The molecule has 1 unspecified atom stereocenters. The van der Waals surface area contributed by atoms with E-state index in [0.29, 0.717) is 12.3 Å². The average molecular weight is 237 g/mol. The smallest absolute Gasteiger partial charge is 0.307 e. The summed E-state index contributed by atoms with van der Waals surface area (Å²) in [6.45, 7) is 0. The number of carbonyl (C=O) groups excluding carboxylic acids is 1. The van der Waals surface area contributed by atoms with Crippen LogP contribution in [0.2, 0.25) is 0 Å². The predicted octanol–water partition coefficient (Wildman–Crippen LogP) is 1.95. The molecular formula is C14H23NO2. The Hall–Kier alpha value is -0.570. The van der Waals surface area contributed by atoms with Crippen LogP contribution < -0.4 is 5.73 Å². The summed E-state index contributed by atoms with van der Waals surface area (Å²) in [5.41, 5.74) is 6.27. The van der Waals surface area contributed by atoms with Gasteiger partial charge in [-0.25, -0.2) is 0 Å². The maximum Gasteiger partial charge on any atom is 0.307 e. The molecule has 0 heterocycles. The molecule has 4 aliphatic rings. The van der Waals surface area contributed by atoms with Crippen molar-refractivity contribution in [3.8, 4) is 0 Å². The maximum atomic E-state index is 11.4. The zero-order chi connectivity index (χ0) is 12.0. The Balaban J connectivity index is 1.69. The molecule has 4 fully saturated rings. The van der Waals surface area contributed by atoms with Crippen LogP contribution in [0.15, 0.2) is 0 Å². The topological polar surface area (TPSA) is 52.3 Å². The van der Waals surface area contributed by atoms with E-state index in [1.165, 1.54) is 39.2 Å². The molecule has 2 N–H and O–H groups in total. The Labute approximate surface area is 103 Å². The van der Waals surface area contributed by atoms with Gasteiger partial charge in [-0.15, -0.1) is 0 Å². The summed E-state index contributed by atoms with van der Waals surface area (Å²) in [6, 6.07) is 0.0254. The van der Waals surface area contributed by atoms with Crippen LogP contribution in [0, 0.1) is 29.6 Å². The first-order chi connectivity index (χ1) is 8.17. The van der Waals surface area contributed by atoms with E-state index in [1.807, 2.05) is 0 Å². The zero-order valence-corrected chi connectivity index (χ0v) is 10.6. The monoisotopic (exact) mass is 237 g/mol. The first-order valence-electron chi connectivity index (χ1n) is 6.99. The Morgan fingerprint density at radius 3 is 2.18 bits per heavy atom. The van der Waals surface area contributed by atoms with E-state index in [2.05, 4.69) is 0 Å². The van der Waals surface area contributed by atoms with E-state index in [0.717, 1.165) is 23.7 Å². The molecule has 4 saturated carbocycles. The molecule has 0 amide bonds. The number of rotatable bonds is 3. The molecule has 4 aliphatic carbocycles. The molecule has 1 atom stereocenters. The molecular weight excluding hydrogens is 214 g/mol. The third-order valence-corrected chi connectivity index (χ3v) is 5.42. The molecule has 17 heavy (non-hydrogen) atoms. The molecule has 0 aliphatic heterocycles. The van der Waals surface area contributed by atoms with Crippen LogP contribution in [0.1, 0.15) is 38.5 Å². The molecule has 0 aromatic heterocycles. The second-order valence-electron chi connectivity index (χ2n) is 6.45. The van der Waals surface area contributed by atoms with Gasteiger partial charge in [0, 0.05) is 6.04 Å². The van der Waals surface area contributed by atoms with Crippen molar-refractivity contribution < 1.29 is 9.53 Å². The molecule has 4 bridgehead atoms. The summed E-state index contributed by atoms with van der Waals surface area (Å²) >= 11 is 0. The van der Waals surface area contributed by atoms with Crippen molar-refractivity contribution in [2.45, 2.75) is 44.6 Å². The van der Waals surface area contributed by atoms with Crippen LogP contribution in [-0.2, 0) is 9.53 Å². The van der Waals surface area contributed by atoms with Gasteiger partial charge in [0.1, 0.15) is 0 Å².